The van der Waals surface area contributed by atoms with E-state index in [1.807, 2.05) is 55.4 Å². The molecule has 0 N–H and O–H groups in total. The number of nitrogens with zero attached hydrogens (tertiary/aromatic N) is 2. The van der Waals surface area contributed by atoms with E-state index < -0.39 is 0 Å². The molecule has 0 aromatic heterocycles. The van der Waals surface area contributed by atoms with Gasteiger partial charge in [-0.1, -0.05) is 35.9 Å². The fourth-order valence-electron chi connectivity index (χ4n) is 2.09. The number of rotatable bonds is 4. The molecular formula is C17H19ClN2O. The maximum Gasteiger partial charge on any atom is 0.255 e. The van der Waals surface area contributed by atoms with Gasteiger partial charge in [0.15, 0.2) is 0 Å². The molecule has 0 saturated heterocycles. The molecule has 0 unspecified atom stereocenters. The van der Waals surface area contributed by atoms with E-state index in [9.17, 15) is 4.79 Å². The Morgan fingerprint density at radius 1 is 1.00 bits per heavy atom. The Morgan fingerprint density at radius 3 is 2.19 bits per heavy atom. The highest BCUT2D eigenvalue weighted by molar-refractivity contribution is 6.33. The Balaban J connectivity index is 2.09. The van der Waals surface area contributed by atoms with Crippen molar-refractivity contribution in [1.29, 1.82) is 0 Å². The third-order valence-corrected chi connectivity index (χ3v) is 3.65. The van der Waals surface area contributed by atoms with E-state index in [0.29, 0.717) is 17.1 Å². The standard InChI is InChI=1S/C17H19ClN2O/c1-19(2)14-10-8-13(9-11-14)12-20(3)17(21)15-6-4-5-7-16(15)18/h4-11H,12H2,1-3H3. The van der Waals surface area contributed by atoms with Crippen molar-refractivity contribution >= 4 is 23.2 Å². The quantitative estimate of drug-likeness (QED) is 0.860. The molecule has 2 aromatic rings. The van der Waals surface area contributed by atoms with Gasteiger partial charge in [0.1, 0.15) is 0 Å². The molecule has 1 amide bonds. The first kappa shape index (κ1) is 15.4. The first-order valence-corrected chi connectivity index (χ1v) is 7.13. The minimum absolute atomic E-state index is 0.0720. The van der Waals surface area contributed by atoms with Crippen molar-refractivity contribution in [3.63, 3.8) is 0 Å². The van der Waals surface area contributed by atoms with E-state index in [1.165, 1.54) is 0 Å². The van der Waals surface area contributed by atoms with Crippen molar-refractivity contribution in [1.82, 2.24) is 4.90 Å². The molecule has 0 aliphatic rings. The van der Waals surface area contributed by atoms with Gasteiger partial charge in [-0.15, -0.1) is 0 Å². The number of carbonyl (C=O) groups is 1. The van der Waals surface area contributed by atoms with E-state index in [0.717, 1.165) is 11.3 Å². The summed E-state index contributed by atoms with van der Waals surface area (Å²) >= 11 is 6.07. The van der Waals surface area contributed by atoms with Crippen LogP contribution in [0.25, 0.3) is 0 Å². The van der Waals surface area contributed by atoms with Gasteiger partial charge < -0.3 is 9.80 Å². The molecule has 3 nitrogen and oxygen atoms in total. The smallest absolute Gasteiger partial charge is 0.255 e. The molecular weight excluding hydrogens is 284 g/mol. The lowest BCUT2D eigenvalue weighted by atomic mass is 10.1. The zero-order valence-corrected chi connectivity index (χ0v) is 13.3. The number of benzene rings is 2. The van der Waals surface area contributed by atoms with Crippen LogP contribution in [0.2, 0.25) is 5.02 Å². The second-order valence-electron chi connectivity index (χ2n) is 5.20. The zero-order chi connectivity index (χ0) is 15.4. The normalized spacial score (nSPS) is 10.3. The van der Waals surface area contributed by atoms with Gasteiger partial charge in [0.2, 0.25) is 0 Å². The predicted octanol–water partition coefficient (Wildman–Crippen LogP) is 3.68. The van der Waals surface area contributed by atoms with Gasteiger partial charge >= 0.3 is 0 Å². The minimum atomic E-state index is -0.0720. The van der Waals surface area contributed by atoms with Gasteiger partial charge in [0.25, 0.3) is 5.91 Å². The van der Waals surface area contributed by atoms with Crippen LogP contribution in [0.5, 0.6) is 0 Å². The predicted molar refractivity (Wildman–Crippen MR) is 88.0 cm³/mol. The van der Waals surface area contributed by atoms with E-state index in [1.54, 1.807) is 24.1 Å². The second kappa shape index (κ2) is 6.64. The molecule has 2 rings (SSSR count). The van der Waals surface area contributed by atoms with Gasteiger partial charge in [-0.25, -0.2) is 0 Å². The van der Waals surface area contributed by atoms with Crippen LogP contribution in [-0.2, 0) is 6.54 Å². The molecule has 0 aliphatic carbocycles. The van der Waals surface area contributed by atoms with Crippen LogP contribution in [0.15, 0.2) is 48.5 Å². The number of carbonyl (C=O) groups excluding carboxylic acids is 1. The molecule has 0 bridgehead atoms. The molecule has 4 heteroatoms. The second-order valence-corrected chi connectivity index (χ2v) is 5.61. The Morgan fingerprint density at radius 2 is 1.62 bits per heavy atom. The molecule has 0 spiro atoms. The third kappa shape index (κ3) is 3.76. The first-order valence-electron chi connectivity index (χ1n) is 6.75. The first-order chi connectivity index (χ1) is 9.99. The van der Waals surface area contributed by atoms with E-state index in [-0.39, 0.29) is 5.91 Å². The van der Waals surface area contributed by atoms with Gasteiger partial charge in [-0.2, -0.15) is 0 Å². The van der Waals surface area contributed by atoms with Crippen LogP contribution in [0, 0.1) is 0 Å². The van der Waals surface area contributed by atoms with Gasteiger partial charge in [-0.05, 0) is 29.8 Å². The van der Waals surface area contributed by atoms with Crippen LogP contribution in [0.4, 0.5) is 5.69 Å². The Kier molecular flexibility index (Phi) is 4.86. The lowest BCUT2D eigenvalue weighted by Gasteiger charge is -2.19. The van der Waals surface area contributed by atoms with Crippen molar-refractivity contribution in [3.05, 3.63) is 64.7 Å². The number of halogens is 1. The van der Waals surface area contributed by atoms with Crippen molar-refractivity contribution in [2.45, 2.75) is 6.54 Å². The third-order valence-electron chi connectivity index (χ3n) is 3.32. The van der Waals surface area contributed by atoms with Crippen LogP contribution in [-0.4, -0.2) is 32.0 Å². The molecule has 0 atom stereocenters. The van der Waals surface area contributed by atoms with Gasteiger partial charge in [-0.3, -0.25) is 4.79 Å². The lowest BCUT2D eigenvalue weighted by Crippen LogP contribution is -2.26. The summed E-state index contributed by atoms with van der Waals surface area (Å²) in [4.78, 5) is 16.1. The maximum atomic E-state index is 12.4. The number of hydrogen-bond acceptors (Lipinski definition) is 2. The fourth-order valence-corrected chi connectivity index (χ4v) is 2.30. The van der Waals surface area contributed by atoms with Gasteiger partial charge in [0.05, 0.1) is 10.6 Å². The summed E-state index contributed by atoms with van der Waals surface area (Å²) in [7, 11) is 5.79. The van der Waals surface area contributed by atoms with Crippen molar-refractivity contribution in [3.8, 4) is 0 Å². The summed E-state index contributed by atoms with van der Waals surface area (Å²) in [5.41, 5.74) is 2.76. The van der Waals surface area contributed by atoms with Gasteiger partial charge in [0, 0.05) is 33.4 Å². The van der Waals surface area contributed by atoms with Crippen LogP contribution in [0.1, 0.15) is 15.9 Å². The topological polar surface area (TPSA) is 23.6 Å². The van der Waals surface area contributed by atoms with E-state index in [4.69, 9.17) is 11.6 Å². The van der Waals surface area contributed by atoms with E-state index >= 15 is 0 Å². The van der Waals surface area contributed by atoms with Crippen LogP contribution < -0.4 is 4.90 Å². The Hall–Kier alpha value is -2.00. The minimum Gasteiger partial charge on any atom is -0.378 e. The number of amides is 1. The fraction of sp³-hybridized carbons (Fsp3) is 0.235. The SMILES string of the molecule is CN(Cc1ccc(N(C)C)cc1)C(=O)c1ccccc1Cl. The number of hydrogen-bond donors (Lipinski definition) is 0. The zero-order valence-electron chi connectivity index (χ0n) is 12.5. The molecule has 0 radical (unpaired) electrons. The lowest BCUT2D eigenvalue weighted by molar-refractivity contribution is 0.0785. The highest BCUT2D eigenvalue weighted by Gasteiger charge is 2.14. The average molecular weight is 303 g/mol. The summed E-state index contributed by atoms with van der Waals surface area (Å²) in [6.07, 6.45) is 0. The van der Waals surface area contributed by atoms with Crippen LogP contribution in [0.3, 0.4) is 0 Å². The molecule has 0 heterocycles. The molecule has 0 aliphatic heterocycles. The summed E-state index contributed by atoms with van der Waals surface area (Å²) in [5, 5.41) is 0.484. The summed E-state index contributed by atoms with van der Waals surface area (Å²) in [6, 6.07) is 15.3. The Labute approximate surface area is 130 Å². The van der Waals surface area contributed by atoms with Crippen molar-refractivity contribution < 1.29 is 4.79 Å². The van der Waals surface area contributed by atoms with E-state index in [2.05, 4.69) is 0 Å². The molecule has 110 valence electrons. The molecule has 2 aromatic carbocycles. The molecule has 21 heavy (non-hydrogen) atoms. The molecule has 0 saturated carbocycles. The highest BCUT2D eigenvalue weighted by atomic mass is 35.5. The maximum absolute atomic E-state index is 12.4. The highest BCUT2D eigenvalue weighted by Crippen LogP contribution is 2.18. The van der Waals surface area contributed by atoms with Crippen LogP contribution >= 0.6 is 11.6 Å². The largest absolute Gasteiger partial charge is 0.378 e. The summed E-state index contributed by atoms with van der Waals surface area (Å²) in [5.74, 6) is -0.0720. The summed E-state index contributed by atoms with van der Waals surface area (Å²) in [6.45, 7) is 0.553. The summed E-state index contributed by atoms with van der Waals surface area (Å²) < 4.78 is 0. The Bertz CT molecular complexity index is 623. The van der Waals surface area contributed by atoms with Crippen molar-refractivity contribution in [2.75, 3.05) is 26.0 Å². The number of anilines is 1. The monoisotopic (exact) mass is 302 g/mol. The molecule has 0 fully saturated rings. The average Bonchev–Trinajstić information content (AvgIpc) is 2.47. The van der Waals surface area contributed by atoms with Crippen molar-refractivity contribution in [2.24, 2.45) is 0 Å².